The lowest BCUT2D eigenvalue weighted by Gasteiger charge is -2.46. The average molecular weight is 293 g/mol. The second-order valence-electron chi connectivity index (χ2n) is 6.25. The molecule has 118 valence electrons. The molecular formula is C18H28FNO. The van der Waals surface area contributed by atoms with Crippen molar-refractivity contribution in [1.82, 2.24) is 5.32 Å². The first-order valence-corrected chi connectivity index (χ1v) is 8.24. The Balaban J connectivity index is 2.36. The van der Waals surface area contributed by atoms with E-state index in [1.54, 1.807) is 12.1 Å². The molecule has 0 bridgehead atoms. The van der Waals surface area contributed by atoms with Crippen LogP contribution in [-0.2, 0) is 4.74 Å². The van der Waals surface area contributed by atoms with Gasteiger partial charge in [0.15, 0.2) is 0 Å². The van der Waals surface area contributed by atoms with Crippen LogP contribution >= 0.6 is 0 Å². The summed E-state index contributed by atoms with van der Waals surface area (Å²) in [7, 11) is 0. The van der Waals surface area contributed by atoms with Crippen molar-refractivity contribution in [2.45, 2.75) is 58.1 Å². The van der Waals surface area contributed by atoms with Crippen molar-refractivity contribution in [2.24, 2.45) is 5.92 Å². The minimum atomic E-state index is -0.212. The van der Waals surface area contributed by atoms with E-state index < -0.39 is 0 Å². The van der Waals surface area contributed by atoms with Crippen molar-refractivity contribution in [3.8, 4) is 0 Å². The molecule has 3 unspecified atom stereocenters. The first kappa shape index (κ1) is 16.4. The molecule has 21 heavy (non-hydrogen) atoms. The van der Waals surface area contributed by atoms with E-state index in [0.717, 1.165) is 24.9 Å². The van der Waals surface area contributed by atoms with Gasteiger partial charge in [0.1, 0.15) is 5.82 Å². The van der Waals surface area contributed by atoms with Crippen LogP contribution < -0.4 is 5.32 Å². The zero-order chi connectivity index (χ0) is 15.3. The minimum absolute atomic E-state index is 0.0564. The number of hydrogen-bond donors (Lipinski definition) is 1. The van der Waals surface area contributed by atoms with Gasteiger partial charge in [-0.1, -0.05) is 38.8 Å². The van der Waals surface area contributed by atoms with Gasteiger partial charge < -0.3 is 10.1 Å². The molecule has 2 rings (SSSR count). The zero-order valence-corrected chi connectivity index (χ0v) is 13.5. The maximum Gasteiger partial charge on any atom is 0.123 e. The predicted octanol–water partition coefficient (Wildman–Crippen LogP) is 4.46. The molecule has 1 aliphatic carbocycles. The molecule has 1 aromatic carbocycles. The molecule has 1 aliphatic rings. The van der Waals surface area contributed by atoms with Crippen molar-refractivity contribution < 1.29 is 9.13 Å². The number of hydrogen-bond acceptors (Lipinski definition) is 2. The molecule has 1 saturated carbocycles. The smallest absolute Gasteiger partial charge is 0.123 e. The second-order valence-corrected chi connectivity index (χ2v) is 6.25. The lowest BCUT2D eigenvalue weighted by Crippen LogP contribution is -2.49. The second kappa shape index (κ2) is 7.37. The Labute approximate surface area is 128 Å². The molecule has 0 aromatic heterocycles. The molecule has 0 saturated heterocycles. The first-order valence-electron chi connectivity index (χ1n) is 8.24. The fourth-order valence-electron chi connectivity index (χ4n) is 3.81. The quantitative estimate of drug-likeness (QED) is 0.836. The average Bonchev–Trinajstić information content (AvgIpc) is 2.45. The summed E-state index contributed by atoms with van der Waals surface area (Å²) < 4.78 is 19.9. The van der Waals surface area contributed by atoms with E-state index in [9.17, 15) is 4.39 Å². The van der Waals surface area contributed by atoms with Crippen molar-refractivity contribution in [3.63, 3.8) is 0 Å². The number of halogens is 1. The normalized spacial score (nSPS) is 27.5. The third-order valence-corrected chi connectivity index (χ3v) is 4.54. The first-order chi connectivity index (χ1) is 10.1. The molecule has 1 N–H and O–H groups in total. The van der Waals surface area contributed by atoms with Crippen LogP contribution in [0.3, 0.4) is 0 Å². The van der Waals surface area contributed by atoms with Gasteiger partial charge in [0.2, 0.25) is 0 Å². The van der Waals surface area contributed by atoms with E-state index in [2.05, 4.69) is 26.1 Å². The molecule has 2 nitrogen and oxygen atoms in total. The summed E-state index contributed by atoms with van der Waals surface area (Å²) in [5, 5.41) is 3.55. The fraction of sp³-hybridized carbons (Fsp3) is 0.667. The molecule has 1 aromatic rings. The lowest BCUT2D eigenvalue weighted by molar-refractivity contribution is -0.101. The molecule has 0 aliphatic heterocycles. The van der Waals surface area contributed by atoms with Gasteiger partial charge in [0, 0.05) is 6.61 Å². The highest BCUT2D eigenvalue weighted by molar-refractivity contribution is 5.24. The summed E-state index contributed by atoms with van der Waals surface area (Å²) >= 11 is 0. The number of rotatable bonds is 6. The van der Waals surface area contributed by atoms with Gasteiger partial charge in [-0.05, 0) is 49.9 Å². The van der Waals surface area contributed by atoms with E-state index in [4.69, 9.17) is 4.74 Å². The summed E-state index contributed by atoms with van der Waals surface area (Å²) in [6.45, 7) is 7.99. The van der Waals surface area contributed by atoms with Crippen molar-refractivity contribution >= 4 is 0 Å². The molecule has 3 heteroatoms. The Morgan fingerprint density at radius 1 is 1.43 bits per heavy atom. The number of ether oxygens (including phenoxy) is 1. The van der Waals surface area contributed by atoms with E-state index in [-0.39, 0.29) is 17.5 Å². The van der Waals surface area contributed by atoms with Crippen LogP contribution in [-0.4, -0.2) is 18.8 Å². The SMILES string of the molecule is CCNC(c1cccc(F)c1)C1(OCC)CCCC(C)C1. The number of likely N-dealkylation sites (N-methyl/N-ethyl adjacent to an activating group) is 1. The van der Waals surface area contributed by atoms with Crippen LogP contribution in [0.2, 0.25) is 0 Å². The monoisotopic (exact) mass is 293 g/mol. The molecule has 3 atom stereocenters. The topological polar surface area (TPSA) is 21.3 Å². The third-order valence-electron chi connectivity index (χ3n) is 4.54. The van der Waals surface area contributed by atoms with Crippen molar-refractivity contribution in [2.75, 3.05) is 13.2 Å². The Kier molecular flexibility index (Phi) is 5.77. The minimum Gasteiger partial charge on any atom is -0.373 e. The predicted molar refractivity (Wildman–Crippen MR) is 84.8 cm³/mol. The fourth-order valence-corrected chi connectivity index (χ4v) is 3.81. The summed E-state index contributed by atoms with van der Waals surface area (Å²) in [4.78, 5) is 0. The van der Waals surface area contributed by atoms with Gasteiger partial charge in [0.05, 0.1) is 11.6 Å². The summed E-state index contributed by atoms with van der Waals surface area (Å²) in [5.74, 6) is 0.478. The van der Waals surface area contributed by atoms with Crippen LogP contribution in [0.15, 0.2) is 24.3 Å². The van der Waals surface area contributed by atoms with Crippen molar-refractivity contribution in [3.05, 3.63) is 35.6 Å². The van der Waals surface area contributed by atoms with E-state index in [1.165, 1.54) is 18.9 Å². The third kappa shape index (κ3) is 3.83. The van der Waals surface area contributed by atoms with Crippen LogP contribution in [0.4, 0.5) is 4.39 Å². The van der Waals surface area contributed by atoms with Gasteiger partial charge >= 0.3 is 0 Å². The Bertz CT molecular complexity index is 447. The molecule has 0 radical (unpaired) electrons. The highest BCUT2D eigenvalue weighted by atomic mass is 19.1. The van der Waals surface area contributed by atoms with Crippen molar-refractivity contribution in [1.29, 1.82) is 0 Å². The van der Waals surface area contributed by atoms with E-state index in [0.29, 0.717) is 12.5 Å². The van der Waals surface area contributed by atoms with Gasteiger partial charge in [-0.25, -0.2) is 4.39 Å². The maximum atomic E-state index is 13.7. The zero-order valence-electron chi connectivity index (χ0n) is 13.5. The van der Waals surface area contributed by atoms with Gasteiger partial charge in [-0.2, -0.15) is 0 Å². The summed E-state index contributed by atoms with van der Waals surface area (Å²) in [6.07, 6.45) is 4.52. The molecule has 0 amide bonds. The largest absolute Gasteiger partial charge is 0.373 e. The maximum absolute atomic E-state index is 13.7. The van der Waals surface area contributed by atoms with Crippen LogP contribution in [0, 0.1) is 11.7 Å². The van der Waals surface area contributed by atoms with Crippen LogP contribution in [0.1, 0.15) is 58.1 Å². The van der Waals surface area contributed by atoms with Gasteiger partial charge in [-0.15, -0.1) is 0 Å². The van der Waals surface area contributed by atoms with Crippen LogP contribution in [0.25, 0.3) is 0 Å². The standard InChI is InChI=1S/C18H28FNO/c1-4-20-17(15-9-6-10-16(19)12-15)18(21-5-2)11-7-8-14(3)13-18/h6,9-10,12,14,17,20H,4-5,7-8,11,13H2,1-3H3. The summed E-state index contributed by atoms with van der Waals surface area (Å²) in [6, 6.07) is 7.01. The number of nitrogens with one attached hydrogen (secondary N) is 1. The molecular weight excluding hydrogens is 265 g/mol. The molecule has 0 heterocycles. The van der Waals surface area contributed by atoms with Gasteiger partial charge in [-0.3, -0.25) is 0 Å². The Hall–Kier alpha value is -0.930. The Morgan fingerprint density at radius 3 is 2.86 bits per heavy atom. The highest BCUT2D eigenvalue weighted by Crippen LogP contribution is 2.43. The molecule has 1 fully saturated rings. The highest BCUT2D eigenvalue weighted by Gasteiger charge is 2.43. The Morgan fingerprint density at radius 2 is 2.24 bits per heavy atom. The lowest BCUT2D eigenvalue weighted by atomic mass is 9.72. The van der Waals surface area contributed by atoms with E-state index in [1.807, 2.05) is 6.07 Å². The van der Waals surface area contributed by atoms with Gasteiger partial charge in [0.25, 0.3) is 0 Å². The van der Waals surface area contributed by atoms with Crippen LogP contribution in [0.5, 0.6) is 0 Å². The summed E-state index contributed by atoms with van der Waals surface area (Å²) in [5.41, 5.74) is 0.787. The number of benzene rings is 1. The van der Waals surface area contributed by atoms with E-state index >= 15 is 0 Å². The molecule has 0 spiro atoms.